The lowest BCUT2D eigenvalue weighted by molar-refractivity contribution is 0.600. The number of sulfonamides is 1. The molecule has 1 unspecified atom stereocenters. The molecule has 23 heavy (non-hydrogen) atoms. The average Bonchev–Trinajstić information content (AvgIpc) is 2.50. The van der Waals surface area contributed by atoms with Crippen LogP contribution in [0, 0.1) is 13.8 Å². The van der Waals surface area contributed by atoms with Gasteiger partial charge in [0.05, 0.1) is 4.90 Å². The molecule has 3 nitrogen and oxygen atoms in total. The van der Waals surface area contributed by atoms with Crippen LogP contribution in [0.1, 0.15) is 42.9 Å². The summed E-state index contributed by atoms with van der Waals surface area (Å²) >= 11 is 6.04. The molecular weight excluding hydrogens is 330 g/mol. The van der Waals surface area contributed by atoms with E-state index in [0.717, 1.165) is 12.0 Å². The topological polar surface area (TPSA) is 46.2 Å². The highest BCUT2D eigenvalue weighted by Crippen LogP contribution is 2.26. The SMILES string of the molecule is CCC(C)c1ccc(NS(=O)(=O)c2cc(C)c(Cl)cc2C)cc1. The predicted molar refractivity (Wildman–Crippen MR) is 96.9 cm³/mol. The molecule has 124 valence electrons. The number of hydrogen-bond acceptors (Lipinski definition) is 2. The summed E-state index contributed by atoms with van der Waals surface area (Å²) in [5.41, 5.74) is 3.13. The van der Waals surface area contributed by atoms with Gasteiger partial charge in [0.2, 0.25) is 0 Å². The first-order chi connectivity index (χ1) is 10.7. The van der Waals surface area contributed by atoms with Crippen molar-refractivity contribution in [1.29, 1.82) is 0 Å². The van der Waals surface area contributed by atoms with Crippen molar-refractivity contribution in [3.63, 3.8) is 0 Å². The Morgan fingerprint density at radius 2 is 1.70 bits per heavy atom. The van der Waals surface area contributed by atoms with Gasteiger partial charge >= 0.3 is 0 Å². The van der Waals surface area contributed by atoms with Gasteiger partial charge in [-0.1, -0.05) is 37.6 Å². The largest absolute Gasteiger partial charge is 0.280 e. The molecule has 0 saturated heterocycles. The molecule has 2 rings (SSSR count). The monoisotopic (exact) mass is 351 g/mol. The van der Waals surface area contributed by atoms with Crippen LogP contribution in [0.25, 0.3) is 0 Å². The van der Waals surface area contributed by atoms with Gasteiger partial charge in [-0.05, 0) is 67.1 Å². The van der Waals surface area contributed by atoms with Gasteiger partial charge in [-0.3, -0.25) is 4.72 Å². The van der Waals surface area contributed by atoms with Crippen molar-refractivity contribution in [1.82, 2.24) is 0 Å². The smallest absolute Gasteiger partial charge is 0.262 e. The summed E-state index contributed by atoms with van der Waals surface area (Å²) in [6, 6.07) is 10.8. The average molecular weight is 352 g/mol. The molecule has 2 aromatic rings. The molecule has 0 aromatic heterocycles. The van der Waals surface area contributed by atoms with Gasteiger partial charge in [0.15, 0.2) is 0 Å². The minimum atomic E-state index is -3.63. The zero-order valence-electron chi connectivity index (χ0n) is 13.9. The fourth-order valence-corrected chi connectivity index (χ4v) is 3.96. The Morgan fingerprint density at radius 1 is 1.09 bits per heavy atom. The van der Waals surface area contributed by atoms with E-state index in [2.05, 4.69) is 18.6 Å². The lowest BCUT2D eigenvalue weighted by Crippen LogP contribution is -2.14. The minimum absolute atomic E-state index is 0.255. The van der Waals surface area contributed by atoms with E-state index < -0.39 is 10.0 Å². The summed E-state index contributed by atoms with van der Waals surface area (Å²) in [4.78, 5) is 0.255. The van der Waals surface area contributed by atoms with E-state index in [1.165, 1.54) is 5.56 Å². The van der Waals surface area contributed by atoms with Gasteiger partial charge in [0.25, 0.3) is 10.0 Å². The summed E-state index contributed by atoms with van der Waals surface area (Å²) in [6.45, 7) is 7.82. The number of hydrogen-bond donors (Lipinski definition) is 1. The highest BCUT2D eigenvalue weighted by Gasteiger charge is 2.18. The van der Waals surface area contributed by atoms with Crippen molar-refractivity contribution < 1.29 is 8.42 Å². The quantitative estimate of drug-likeness (QED) is 0.797. The standard InChI is InChI=1S/C18H22ClNO2S/c1-5-12(2)15-6-8-16(9-7-15)20-23(21,22)18-11-13(3)17(19)10-14(18)4/h6-12,20H,5H2,1-4H3. The maximum Gasteiger partial charge on any atom is 0.262 e. The molecule has 5 heteroatoms. The van der Waals surface area contributed by atoms with E-state index in [9.17, 15) is 8.42 Å². The highest BCUT2D eigenvalue weighted by molar-refractivity contribution is 7.92. The number of benzene rings is 2. The van der Waals surface area contributed by atoms with Crippen molar-refractivity contribution in [2.24, 2.45) is 0 Å². The Balaban J connectivity index is 2.30. The third kappa shape index (κ3) is 4.06. The Kier molecular flexibility index (Phi) is 5.37. The van der Waals surface area contributed by atoms with Crippen LogP contribution in [0.4, 0.5) is 5.69 Å². The van der Waals surface area contributed by atoms with Crippen molar-refractivity contribution >= 4 is 27.3 Å². The van der Waals surface area contributed by atoms with Crippen LogP contribution in [0.5, 0.6) is 0 Å². The van der Waals surface area contributed by atoms with Crippen molar-refractivity contribution in [3.8, 4) is 0 Å². The molecule has 1 atom stereocenters. The second-order valence-electron chi connectivity index (χ2n) is 5.90. The second kappa shape index (κ2) is 6.93. The molecule has 0 aliphatic carbocycles. The van der Waals surface area contributed by atoms with E-state index in [0.29, 0.717) is 22.2 Å². The number of nitrogens with one attached hydrogen (secondary N) is 1. The number of aryl methyl sites for hydroxylation is 2. The van der Waals surface area contributed by atoms with Gasteiger partial charge in [0.1, 0.15) is 0 Å². The van der Waals surface area contributed by atoms with E-state index in [-0.39, 0.29) is 4.90 Å². The van der Waals surface area contributed by atoms with Crippen molar-refractivity contribution in [3.05, 3.63) is 58.1 Å². The lowest BCUT2D eigenvalue weighted by atomic mass is 9.99. The third-order valence-electron chi connectivity index (χ3n) is 4.09. The van der Waals surface area contributed by atoms with Gasteiger partial charge in [0, 0.05) is 10.7 Å². The van der Waals surface area contributed by atoms with Crippen LogP contribution in [0.2, 0.25) is 5.02 Å². The van der Waals surface area contributed by atoms with E-state index >= 15 is 0 Å². The molecule has 0 amide bonds. The van der Waals surface area contributed by atoms with E-state index in [4.69, 9.17) is 11.6 Å². The fourth-order valence-electron chi connectivity index (χ4n) is 2.37. The molecular formula is C18H22ClNO2S. The molecule has 2 aromatic carbocycles. The summed E-state index contributed by atoms with van der Waals surface area (Å²) in [7, 11) is -3.63. The number of rotatable bonds is 5. The maximum atomic E-state index is 12.6. The Labute approximate surface area is 143 Å². The zero-order chi connectivity index (χ0) is 17.2. The highest BCUT2D eigenvalue weighted by atomic mass is 35.5. The first kappa shape index (κ1) is 17.8. The van der Waals surface area contributed by atoms with Crippen LogP contribution in [-0.4, -0.2) is 8.42 Å². The molecule has 1 N–H and O–H groups in total. The second-order valence-corrected chi connectivity index (χ2v) is 7.96. The molecule has 0 radical (unpaired) electrons. The number of halogens is 1. The molecule has 0 aliphatic heterocycles. The summed E-state index contributed by atoms with van der Waals surface area (Å²) in [5.74, 6) is 0.460. The summed E-state index contributed by atoms with van der Waals surface area (Å²) in [5, 5.41) is 0.569. The normalized spacial score (nSPS) is 12.9. The van der Waals surface area contributed by atoms with Crippen molar-refractivity contribution in [2.75, 3.05) is 4.72 Å². The van der Waals surface area contributed by atoms with Gasteiger partial charge in [-0.15, -0.1) is 0 Å². The zero-order valence-corrected chi connectivity index (χ0v) is 15.4. The Hall–Kier alpha value is -1.52. The number of anilines is 1. The molecule has 0 spiro atoms. The van der Waals surface area contributed by atoms with Crippen LogP contribution < -0.4 is 4.72 Å². The van der Waals surface area contributed by atoms with E-state index in [1.807, 2.05) is 12.1 Å². The first-order valence-corrected chi connectivity index (χ1v) is 9.50. The minimum Gasteiger partial charge on any atom is -0.280 e. The summed E-state index contributed by atoms with van der Waals surface area (Å²) in [6.07, 6.45) is 1.05. The molecule has 0 fully saturated rings. The van der Waals surface area contributed by atoms with Gasteiger partial charge < -0.3 is 0 Å². The van der Waals surface area contributed by atoms with Crippen LogP contribution in [-0.2, 0) is 10.0 Å². The van der Waals surface area contributed by atoms with Crippen LogP contribution in [0.3, 0.4) is 0 Å². The van der Waals surface area contributed by atoms with Gasteiger partial charge in [-0.25, -0.2) is 8.42 Å². The third-order valence-corrected chi connectivity index (χ3v) is 6.02. The Bertz CT molecular complexity index is 799. The Morgan fingerprint density at radius 3 is 2.26 bits per heavy atom. The molecule has 0 heterocycles. The van der Waals surface area contributed by atoms with Crippen molar-refractivity contribution in [2.45, 2.75) is 44.9 Å². The van der Waals surface area contributed by atoms with Gasteiger partial charge in [-0.2, -0.15) is 0 Å². The molecule has 0 bridgehead atoms. The predicted octanol–water partition coefficient (Wildman–Crippen LogP) is 5.27. The summed E-state index contributed by atoms with van der Waals surface area (Å²) < 4.78 is 27.8. The van der Waals surface area contributed by atoms with Crippen LogP contribution >= 0.6 is 11.6 Å². The van der Waals surface area contributed by atoms with Crippen LogP contribution in [0.15, 0.2) is 41.3 Å². The fraction of sp³-hybridized carbons (Fsp3) is 0.333. The van der Waals surface area contributed by atoms with E-state index in [1.54, 1.807) is 38.1 Å². The molecule has 0 saturated carbocycles. The lowest BCUT2D eigenvalue weighted by Gasteiger charge is -2.13. The first-order valence-electron chi connectivity index (χ1n) is 7.64. The maximum absolute atomic E-state index is 12.6. The molecule has 0 aliphatic rings.